The average molecular weight is 308 g/mol. The zero-order chi connectivity index (χ0) is 14.7. The molecule has 3 heterocycles. The predicted molar refractivity (Wildman–Crippen MR) is 90.0 cm³/mol. The molecule has 0 amide bonds. The van der Waals surface area contributed by atoms with Gasteiger partial charge >= 0.3 is 0 Å². The van der Waals surface area contributed by atoms with Crippen LogP contribution in [0.25, 0.3) is 0 Å². The van der Waals surface area contributed by atoms with Crippen LogP contribution in [0.1, 0.15) is 17.8 Å². The van der Waals surface area contributed by atoms with Crippen LogP contribution in [0.4, 0.5) is 0 Å². The molecule has 2 atom stereocenters. The SMILES string of the molecule is CC1CNCCN1C(CN1CCN(C)CC1)c1cccs1. The zero-order valence-corrected chi connectivity index (χ0v) is 14.1. The van der Waals surface area contributed by atoms with Crippen molar-refractivity contribution in [3.63, 3.8) is 0 Å². The Bertz CT molecular complexity index is 414. The molecule has 1 aromatic rings. The highest BCUT2D eigenvalue weighted by molar-refractivity contribution is 7.10. The van der Waals surface area contributed by atoms with Crippen molar-refractivity contribution in [2.45, 2.75) is 19.0 Å². The molecule has 5 heteroatoms. The van der Waals surface area contributed by atoms with Crippen LogP contribution in [-0.2, 0) is 0 Å². The summed E-state index contributed by atoms with van der Waals surface area (Å²) in [5.41, 5.74) is 0. The third kappa shape index (κ3) is 3.85. The van der Waals surface area contributed by atoms with Gasteiger partial charge in [0.25, 0.3) is 0 Å². The minimum Gasteiger partial charge on any atom is -0.314 e. The number of piperazine rings is 2. The molecule has 0 spiro atoms. The number of hydrogen-bond donors (Lipinski definition) is 1. The fraction of sp³-hybridized carbons (Fsp3) is 0.750. The molecule has 2 aliphatic heterocycles. The third-order valence-corrected chi connectivity index (χ3v) is 5.83. The molecule has 0 saturated carbocycles. The van der Waals surface area contributed by atoms with Crippen molar-refractivity contribution < 1.29 is 0 Å². The molecule has 0 aliphatic carbocycles. The molecule has 4 nitrogen and oxygen atoms in total. The zero-order valence-electron chi connectivity index (χ0n) is 13.3. The lowest BCUT2D eigenvalue weighted by atomic mass is 10.1. The smallest absolute Gasteiger partial charge is 0.0572 e. The first-order chi connectivity index (χ1) is 10.2. The standard InChI is InChI=1S/C16H28N4S/c1-14-12-17-5-6-20(14)15(16-4-3-11-21-16)13-19-9-7-18(2)8-10-19/h3-4,11,14-15,17H,5-10,12-13H2,1-2H3. The molecule has 21 heavy (non-hydrogen) atoms. The number of nitrogens with zero attached hydrogens (tertiary/aromatic N) is 3. The normalized spacial score (nSPS) is 27.8. The van der Waals surface area contributed by atoms with Crippen LogP contribution < -0.4 is 5.32 Å². The van der Waals surface area contributed by atoms with Crippen molar-refractivity contribution in [1.82, 2.24) is 20.0 Å². The molecule has 2 fully saturated rings. The number of rotatable bonds is 4. The number of thiophene rings is 1. The van der Waals surface area contributed by atoms with E-state index in [1.807, 2.05) is 11.3 Å². The summed E-state index contributed by atoms with van der Waals surface area (Å²) in [6.45, 7) is 11.8. The molecule has 118 valence electrons. The summed E-state index contributed by atoms with van der Waals surface area (Å²) in [5, 5.41) is 5.74. The van der Waals surface area contributed by atoms with E-state index in [0.29, 0.717) is 12.1 Å². The summed E-state index contributed by atoms with van der Waals surface area (Å²) in [5.74, 6) is 0. The summed E-state index contributed by atoms with van der Waals surface area (Å²) >= 11 is 1.92. The first kappa shape index (κ1) is 15.4. The van der Waals surface area contributed by atoms with E-state index in [9.17, 15) is 0 Å². The van der Waals surface area contributed by atoms with E-state index in [2.05, 4.69) is 51.5 Å². The first-order valence-electron chi connectivity index (χ1n) is 8.15. The van der Waals surface area contributed by atoms with Crippen LogP contribution in [-0.4, -0.2) is 80.1 Å². The largest absolute Gasteiger partial charge is 0.314 e. The van der Waals surface area contributed by atoms with E-state index in [-0.39, 0.29) is 0 Å². The fourth-order valence-corrected chi connectivity index (χ4v) is 4.27. The van der Waals surface area contributed by atoms with E-state index < -0.39 is 0 Å². The molecule has 1 N–H and O–H groups in total. The van der Waals surface area contributed by atoms with Crippen LogP contribution in [0.5, 0.6) is 0 Å². The minimum atomic E-state index is 0.561. The van der Waals surface area contributed by atoms with Gasteiger partial charge in [-0.2, -0.15) is 0 Å². The Hall–Kier alpha value is -0.460. The van der Waals surface area contributed by atoms with Crippen molar-refractivity contribution >= 4 is 11.3 Å². The molecule has 0 radical (unpaired) electrons. The summed E-state index contributed by atoms with van der Waals surface area (Å²) in [6, 6.07) is 5.70. The van der Waals surface area contributed by atoms with Gasteiger partial charge in [-0.3, -0.25) is 9.80 Å². The van der Waals surface area contributed by atoms with Crippen LogP contribution in [0.2, 0.25) is 0 Å². The van der Waals surface area contributed by atoms with E-state index >= 15 is 0 Å². The Morgan fingerprint density at radius 3 is 2.76 bits per heavy atom. The van der Waals surface area contributed by atoms with Gasteiger partial charge in [-0.15, -0.1) is 11.3 Å². The van der Waals surface area contributed by atoms with Gasteiger partial charge in [-0.05, 0) is 25.4 Å². The molecular formula is C16H28N4S. The molecular weight excluding hydrogens is 280 g/mol. The monoisotopic (exact) mass is 308 g/mol. The van der Waals surface area contributed by atoms with Crippen molar-refractivity contribution in [3.05, 3.63) is 22.4 Å². The Labute approximate surface area is 132 Å². The third-order valence-electron chi connectivity index (χ3n) is 4.85. The maximum atomic E-state index is 3.52. The summed E-state index contributed by atoms with van der Waals surface area (Å²) in [6.07, 6.45) is 0. The maximum Gasteiger partial charge on any atom is 0.0572 e. The molecule has 1 aromatic heterocycles. The Morgan fingerprint density at radius 1 is 1.29 bits per heavy atom. The Morgan fingerprint density at radius 2 is 2.10 bits per heavy atom. The Kier molecular flexibility index (Phi) is 5.29. The highest BCUT2D eigenvalue weighted by Gasteiger charge is 2.30. The lowest BCUT2D eigenvalue weighted by Gasteiger charge is -2.43. The second-order valence-corrected chi connectivity index (χ2v) is 7.41. The van der Waals surface area contributed by atoms with Gasteiger partial charge in [0.2, 0.25) is 0 Å². The highest BCUT2D eigenvalue weighted by Crippen LogP contribution is 2.28. The second kappa shape index (κ2) is 7.20. The minimum absolute atomic E-state index is 0.561. The molecule has 3 rings (SSSR count). The molecule has 0 aromatic carbocycles. The quantitative estimate of drug-likeness (QED) is 0.906. The van der Waals surface area contributed by atoms with Crippen molar-refractivity contribution in [2.75, 3.05) is 59.4 Å². The number of hydrogen-bond acceptors (Lipinski definition) is 5. The van der Waals surface area contributed by atoms with Crippen LogP contribution >= 0.6 is 11.3 Å². The Balaban J connectivity index is 1.70. The van der Waals surface area contributed by atoms with E-state index in [4.69, 9.17) is 0 Å². The van der Waals surface area contributed by atoms with E-state index in [1.54, 1.807) is 0 Å². The van der Waals surface area contributed by atoms with Crippen molar-refractivity contribution in [2.24, 2.45) is 0 Å². The second-order valence-electron chi connectivity index (χ2n) is 6.43. The number of nitrogens with one attached hydrogen (secondary N) is 1. The van der Waals surface area contributed by atoms with Gasteiger partial charge in [-0.25, -0.2) is 0 Å². The van der Waals surface area contributed by atoms with Crippen LogP contribution in [0.15, 0.2) is 17.5 Å². The molecule has 0 bridgehead atoms. The maximum absolute atomic E-state index is 3.52. The van der Waals surface area contributed by atoms with E-state index in [0.717, 1.165) is 19.6 Å². The first-order valence-corrected chi connectivity index (χ1v) is 9.03. The van der Waals surface area contributed by atoms with Gasteiger partial charge in [0.15, 0.2) is 0 Å². The molecule has 2 saturated heterocycles. The topological polar surface area (TPSA) is 21.8 Å². The van der Waals surface area contributed by atoms with Crippen LogP contribution in [0, 0.1) is 0 Å². The van der Waals surface area contributed by atoms with Gasteiger partial charge in [0.1, 0.15) is 0 Å². The lowest BCUT2D eigenvalue weighted by molar-refractivity contribution is 0.0677. The highest BCUT2D eigenvalue weighted by atomic mass is 32.1. The van der Waals surface area contributed by atoms with Gasteiger partial charge in [0, 0.05) is 63.3 Å². The molecule has 2 aliphatic rings. The predicted octanol–water partition coefficient (Wildman–Crippen LogP) is 1.33. The van der Waals surface area contributed by atoms with Crippen molar-refractivity contribution in [1.29, 1.82) is 0 Å². The summed E-state index contributed by atoms with van der Waals surface area (Å²) in [4.78, 5) is 9.33. The van der Waals surface area contributed by atoms with Gasteiger partial charge < -0.3 is 10.2 Å². The van der Waals surface area contributed by atoms with Crippen molar-refractivity contribution in [3.8, 4) is 0 Å². The summed E-state index contributed by atoms with van der Waals surface area (Å²) in [7, 11) is 2.23. The van der Waals surface area contributed by atoms with Gasteiger partial charge in [0.05, 0.1) is 6.04 Å². The number of likely N-dealkylation sites (N-methyl/N-ethyl adjacent to an activating group) is 1. The average Bonchev–Trinajstić information content (AvgIpc) is 3.02. The van der Waals surface area contributed by atoms with Gasteiger partial charge in [-0.1, -0.05) is 6.07 Å². The molecule has 2 unspecified atom stereocenters. The van der Waals surface area contributed by atoms with E-state index in [1.165, 1.54) is 37.6 Å². The lowest BCUT2D eigenvalue weighted by Crippen LogP contribution is -2.54. The summed E-state index contributed by atoms with van der Waals surface area (Å²) < 4.78 is 0. The van der Waals surface area contributed by atoms with Crippen LogP contribution in [0.3, 0.4) is 0 Å². The fourth-order valence-electron chi connectivity index (χ4n) is 3.43.